The number of anilines is 1. The first-order valence-electron chi connectivity index (χ1n) is 9.65. The van der Waals surface area contributed by atoms with E-state index in [0.29, 0.717) is 13.1 Å². The molecule has 0 radical (unpaired) electrons. The van der Waals surface area contributed by atoms with E-state index in [-0.39, 0.29) is 26.3 Å². The van der Waals surface area contributed by atoms with Crippen LogP contribution in [-0.4, -0.2) is 49.3 Å². The summed E-state index contributed by atoms with van der Waals surface area (Å²) in [6.45, 7) is 0.402. The van der Waals surface area contributed by atoms with Crippen molar-refractivity contribution >= 4 is 50.8 Å². The van der Waals surface area contributed by atoms with Crippen molar-refractivity contribution in [3.63, 3.8) is 0 Å². The first-order chi connectivity index (χ1) is 14.8. The molecule has 31 heavy (non-hydrogen) atoms. The summed E-state index contributed by atoms with van der Waals surface area (Å²) in [5, 5.41) is 2.67. The number of pyridine rings is 1. The number of benzene rings is 1. The van der Waals surface area contributed by atoms with Crippen LogP contribution < -0.4 is 5.32 Å². The van der Waals surface area contributed by atoms with Crippen LogP contribution in [0.4, 0.5) is 5.69 Å². The number of aromatic nitrogens is 1. The Labute approximate surface area is 190 Å². The number of carbonyl (C=O) groups is 2. The summed E-state index contributed by atoms with van der Waals surface area (Å²) in [5.41, 5.74) is 0.334. The molecule has 1 amide bonds. The van der Waals surface area contributed by atoms with Crippen LogP contribution in [0, 0.1) is 0 Å². The molecule has 1 aromatic carbocycles. The summed E-state index contributed by atoms with van der Waals surface area (Å²) in [5.74, 6) is -1.41. The lowest BCUT2D eigenvalue weighted by Crippen LogP contribution is -2.32. The molecule has 0 atom stereocenters. The number of sulfonamides is 1. The molecule has 0 unspecified atom stereocenters. The van der Waals surface area contributed by atoms with Crippen LogP contribution in [0.15, 0.2) is 41.4 Å². The Morgan fingerprint density at radius 1 is 1.10 bits per heavy atom. The fourth-order valence-electron chi connectivity index (χ4n) is 3.11. The summed E-state index contributed by atoms with van der Waals surface area (Å²) >= 11 is 11.5. The van der Waals surface area contributed by atoms with E-state index >= 15 is 0 Å². The Morgan fingerprint density at radius 3 is 2.48 bits per heavy atom. The van der Waals surface area contributed by atoms with Gasteiger partial charge in [-0.3, -0.25) is 4.79 Å². The highest BCUT2D eigenvalue weighted by Crippen LogP contribution is 2.23. The third-order valence-electron chi connectivity index (χ3n) is 4.69. The standard InChI is InChI=1S/C20H21Cl2N3O5S/c21-17-10-14(12-23-19(17)22)20(27)30-13-18(26)24-15-6-5-7-16(11-15)31(28,29)25-8-3-1-2-4-9-25/h5-7,10-12H,1-4,8-9,13H2,(H,24,26). The molecule has 166 valence electrons. The maximum absolute atomic E-state index is 12.9. The highest BCUT2D eigenvalue weighted by molar-refractivity contribution is 7.89. The number of nitrogens with one attached hydrogen (secondary N) is 1. The number of halogens is 2. The molecule has 8 nitrogen and oxygen atoms in total. The molecule has 1 fully saturated rings. The molecule has 1 aliphatic rings. The lowest BCUT2D eigenvalue weighted by molar-refractivity contribution is -0.119. The molecule has 2 heterocycles. The van der Waals surface area contributed by atoms with E-state index < -0.39 is 28.5 Å². The first kappa shape index (κ1) is 23.5. The smallest absolute Gasteiger partial charge is 0.340 e. The van der Waals surface area contributed by atoms with Gasteiger partial charge in [-0.05, 0) is 37.1 Å². The molecule has 0 bridgehead atoms. The zero-order valence-electron chi connectivity index (χ0n) is 16.5. The minimum atomic E-state index is -3.65. The molecule has 11 heteroatoms. The van der Waals surface area contributed by atoms with E-state index in [0.717, 1.165) is 25.7 Å². The summed E-state index contributed by atoms with van der Waals surface area (Å²) in [6.07, 6.45) is 4.87. The van der Waals surface area contributed by atoms with Gasteiger partial charge in [0.05, 0.1) is 15.5 Å². The molecule has 0 saturated carbocycles. The number of carbonyl (C=O) groups excluding carboxylic acids is 2. The largest absolute Gasteiger partial charge is 0.452 e. The molecule has 1 aliphatic heterocycles. The second-order valence-corrected chi connectivity index (χ2v) is 9.67. The van der Waals surface area contributed by atoms with Gasteiger partial charge >= 0.3 is 5.97 Å². The van der Waals surface area contributed by atoms with Gasteiger partial charge in [0, 0.05) is 25.0 Å². The molecule has 1 aromatic heterocycles. The third-order valence-corrected chi connectivity index (χ3v) is 7.27. The Morgan fingerprint density at radius 2 is 1.81 bits per heavy atom. The van der Waals surface area contributed by atoms with Crippen molar-refractivity contribution < 1.29 is 22.7 Å². The van der Waals surface area contributed by atoms with Gasteiger partial charge in [0.1, 0.15) is 5.15 Å². The van der Waals surface area contributed by atoms with Crippen molar-refractivity contribution in [2.24, 2.45) is 0 Å². The molecule has 1 N–H and O–H groups in total. The molecular formula is C20H21Cl2N3O5S. The molecule has 1 saturated heterocycles. The highest BCUT2D eigenvalue weighted by atomic mass is 35.5. The Hall–Kier alpha value is -2.20. The van der Waals surface area contributed by atoms with E-state index in [2.05, 4.69) is 10.3 Å². The summed E-state index contributed by atoms with van der Waals surface area (Å²) < 4.78 is 32.3. The van der Waals surface area contributed by atoms with Crippen molar-refractivity contribution in [3.8, 4) is 0 Å². The SMILES string of the molecule is O=C(COC(=O)c1cnc(Cl)c(Cl)c1)Nc1cccc(S(=O)(=O)N2CCCCCC2)c1. The van der Waals surface area contributed by atoms with Crippen molar-refractivity contribution in [3.05, 3.63) is 52.3 Å². The van der Waals surface area contributed by atoms with Gasteiger partial charge in [-0.2, -0.15) is 4.31 Å². The number of rotatable bonds is 6. The van der Waals surface area contributed by atoms with Crippen molar-refractivity contribution in [1.82, 2.24) is 9.29 Å². The highest BCUT2D eigenvalue weighted by Gasteiger charge is 2.25. The van der Waals surface area contributed by atoms with Crippen LogP contribution in [0.3, 0.4) is 0 Å². The van der Waals surface area contributed by atoms with E-state index in [4.69, 9.17) is 27.9 Å². The second-order valence-electron chi connectivity index (χ2n) is 6.97. The van der Waals surface area contributed by atoms with Gasteiger partial charge in [0.15, 0.2) is 6.61 Å². The van der Waals surface area contributed by atoms with Gasteiger partial charge in [0.25, 0.3) is 5.91 Å². The summed E-state index contributed by atoms with van der Waals surface area (Å²) in [6, 6.07) is 7.28. The second kappa shape index (κ2) is 10.4. The van der Waals surface area contributed by atoms with Crippen LogP contribution in [0.25, 0.3) is 0 Å². The van der Waals surface area contributed by atoms with E-state index in [1.165, 1.54) is 28.7 Å². The number of ether oxygens (including phenoxy) is 1. The quantitative estimate of drug-likeness (QED) is 0.493. The van der Waals surface area contributed by atoms with E-state index in [1.54, 1.807) is 12.1 Å². The topological polar surface area (TPSA) is 106 Å². The number of hydrogen-bond acceptors (Lipinski definition) is 6. The van der Waals surface area contributed by atoms with Crippen LogP contribution >= 0.6 is 23.2 Å². The van der Waals surface area contributed by atoms with Crippen LogP contribution in [-0.2, 0) is 19.6 Å². The Kier molecular flexibility index (Phi) is 7.88. The van der Waals surface area contributed by atoms with Crippen LogP contribution in [0.5, 0.6) is 0 Å². The number of hydrogen-bond donors (Lipinski definition) is 1. The number of nitrogens with zero attached hydrogens (tertiary/aromatic N) is 2. The van der Waals surface area contributed by atoms with Gasteiger partial charge in [-0.25, -0.2) is 18.2 Å². The minimum Gasteiger partial charge on any atom is -0.452 e. The summed E-state index contributed by atoms with van der Waals surface area (Å²) in [4.78, 5) is 28.0. The summed E-state index contributed by atoms with van der Waals surface area (Å²) in [7, 11) is -3.65. The normalized spacial score (nSPS) is 15.2. The lowest BCUT2D eigenvalue weighted by atomic mass is 10.2. The molecule has 0 spiro atoms. The number of amides is 1. The Balaban J connectivity index is 1.61. The zero-order chi connectivity index (χ0) is 22.4. The van der Waals surface area contributed by atoms with Gasteiger partial charge in [0.2, 0.25) is 10.0 Å². The predicted octanol–water partition coefficient (Wildman–Crippen LogP) is 3.75. The van der Waals surface area contributed by atoms with Crippen molar-refractivity contribution in [2.45, 2.75) is 30.6 Å². The predicted molar refractivity (Wildman–Crippen MR) is 117 cm³/mol. The van der Waals surface area contributed by atoms with Gasteiger partial charge < -0.3 is 10.1 Å². The van der Waals surface area contributed by atoms with Gasteiger partial charge in [-0.15, -0.1) is 0 Å². The molecule has 0 aliphatic carbocycles. The average molecular weight is 486 g/mol. The maximum Gasteiger partial charge on any atom is 0.340 e. The fourth-order valence-corrected chi connectivity index (χ4v) is 4.94. The van der Waals surface area contributed by atoms with Crippen LogP contribution in [0.2, 0.25) is 10.2 Å². The number of esters is 1. The average Bonchev–Trinajstić information content (AvgIpc) is 3.04. The van der Waals surface area contributed by atoms with Crippen molar-refractivity contribution in [2.75, 3.05) is 25.0 Å². The molecule has 3 rings (SSSR count). The van der Waals surface area contributed by atoms with Gasteiger partial charge in [-0.1, -0.05) is 42.1 Å². The van der Waals surface area contributed by atoms with E-state index in [1.807, 2.05) is 0 Å². The minimum absolute atomic E-state index is 0.0472. The van der Waals surface area contributed by atoms with E-state index in [9.17, 15) is 18.0 Å². The monoisotopic (exact) mass is 485 g/mol. The molecular weight excluding hydrogens is 465 g/mol. The van der Waals surface area contributed by atoms with Crippen molar-refractivity contribution in [1.29, 1.82) is 0 Å². The third kappa shape index (κ3) is 6.16. The first-order valence-corrected chi connectivity index (χ1v) is 11.9. The maximum atomic E-state index is 12.9. The van der Waals surface area contributed by atoms with Crippen LogP contribution in [0.1, 0.15) is 36.0 Å². The zero-order valence-corrected chi connectivity index (χ0v) is 18.8. The fraction of sp³-hybridized carbons (Fsp3) is 0.350. The molecule has 2 aromatic rings. The Bertz CT molecular complexity index is 1070. The lowest BCUT2D eigenvalue weighted by Gasteiger charge is -2.20.